The highest BCUT2D eigenvalue weighted by atomic mass is 35.5. The van der Waals surface area contributed by atoms with Crippen molar-refractivity contribution in [2.24, 2.45) is 0 Å². The molecule has 0 saturated heterocycles. The third-order valence-corrected chi connectivity index (χ3v) is 5.05. The molecule has 0 saturated carbocycles. The molecule has 6 nitrogen and oxygen atoms in total. The third kappa shape index (κ3) is 4.75. The van der Waals surface area contributed by atoms with Gasteiger partial charge in [-0.3, -0.25) is 18.3 Å². The Balaban J connectivity index is 1.87. The molecule has 8 heteroatoms. The van der Waals surface area contributed by atoms with Crippen LogP contribution in [0.3, 0.4) is 0 Å². The fourth-order valence-corrected chi connectivity index (χ4v) is 3.44. The molecular formula is C20H17ClN3O3S-. The summed E-state index contributed by atoms with van der Waals surface area (Å²) in [7, 11) is 0. The topological polar surface area (TPSA) is 85.4 Å². The molecule has 0 radical (unpaired) electrons. The largest absolute Gasteiger partial charge is 0.755 e. The standard InChI is InChI=1S/C20H18ClN3O3S/c1-14-4-7-17(8-5-14)24(28(26)27)19-11-16(6-9-18(19)21)20(25)23-13-15-3-2-10-22-12-15/h2-12H,13H2,1H3,(H,23,25)(H,26,27)/p-1. The van der Waals surface area contributed by atoms with Crippen molar-refractivity contribution in [3.8, 4) is 0 Å². The first kappa shape index (κ1) is 20.0. The predicted octanol–water partition coefficient (Wildman–Crippen LogP) is 3.91. The summed E-state index contributed by atoms with van der Waals surface area (Å²) < 4.78 is 24.8. The molecule has 144 valence electrons. The minimum Gasteiger partial charge on any atom is -0.755 e. The minimum atomic E-state index is -2.62. The van der Waals surface area contributed by atoms with Crippen LogP contribution in [0.15, 0.2) is 67.0 Å². The van der Waals surface area contributed by atoms with Crippen molar-refractivity contribution in [1.82, 2.24) is 10.3 Å². The number of carbonyl (C=O) groups is 1. The zero-order valence-corrected chi connectivity index (χ0v) is 16.5. The summed E-state index contributed by atoms with van der Waals surface area (Å²) in [5, 5.41) is 3.00. The van der Waals surface area contributed by atoms with Gasteiger partial charge in [-0.15, -0.1) is 0 Å². The number of rotatable bonds is 6. The van der Waals surface area contributed by atoms with Gasteiger partial charge in [0.25, 0.3) is 5.91 Å². The fourth-order valence-electron chi connectivity index (χ4n) is 2.58. The van der Waals surface area contributed by atoms with Gasteiger partial charge in [-0.1, -0.05) is 35.4 Å². The van der Waals surface area contributed by atoms with Gasteiger partial charge in [0.1, 0.15) is 0 Å². The molecule has 28 heavy (non-hydrogen) atoms. The quantitative estimate of drug-likeness (QED) is 0.620. The number of halogens is 1. The van der Waals surface area contributed by atoms with E-state index in [1.165, 1.54) is 12.1 Å². The zero-order valence-electron chi connectivity index (χ0n) is 15.0. The Bertz CT molecular complexity index is 997. The first-order chi connectivity index (χ1) is 13.5. The van der Waals surface area contributed by atoms with Crippen molar-refractivity contribution >= 4 is 40.1 Å². The molecule has 1 heterocycles. The van der Waals surface area contributed by atoms with E-state index in [0.717, 1.165) is 15.4 Å². The minimum absolute atomic E-state index is 0.202. The van der Waals surface area contributed by atoms with Crippen molar-refractivity contribution in [2.45, 2.75) is 13.5 Å². The highest BCUT2D eigenvalue weighted by molar-refractivity contribution is 7.81. The van der Waals surface area contributed by atoms with E-state index < -0.39 is 11.3 Å². The number of aromatic nitrogens is 1. The number of aryl methyl sites for hydroxylation is 1. The van der Waals surface area contributed by atoms with Crippen LogP contribution < -0.4 is 9.62 Å². The lowest BCUT2D eigenvalue weighted by molar-refractivity contribution is 0.0951. The first-order valence-electron chi connectivity index (χ1n) is 8.38. The predicted molar refractivity (Wildman–Crippen MR) is 109 cm³/mol. The molecule has 0 aliphatic heterocycles. The Morgan fingerprint density at radius 3 is 2.61 bits per heavy atom. The number of hydrogen-bond donors (Lipinski definition) is 1. The Hall–Kier alpha value is -2.74. The van der Waals surface area contributed by atoms with E-state index >= 15 is 0 Å². The van der Waals surface area contributed by atoms with E-state index in [4.69, 9.17) is 11.6 Å². The van der Waals surface area contributed by atoms with Crippen LogP contribution in [0, 0.1) is 6.92 Å². The van der Waals surface area contributed by atoms with Gasteiger partial charge in [-0.05, 0) is 48.9 Å². The highest BCUT2D eigenvalue weighted by Gasteiger charge is 2.17. The molecule has 1 atom stereocenters. The molecule has 1 N–H and O–H groups in total. The normalized spacial score (nSPS) is 11.7. The third-order valence-electron chi connectivity index (χ3n) is 4.02. The summed E-state index contributed by atoms with van der Waals surface area (Å²) in [4.78, 5) is 16.5. The molecule has 3 rings (SSSR count). The van der Waals surface area contributed by atoms with Crippen LogP contribution in [-0.2, 0) is 17.8 Å². The number of carbonyl (C=O) groups excluding carboxylic acids is 1. The van der Waals surface area contributed by atoms with Crippen LogP contribution >= 0.6 is 11.6 Å². The van der Waals surface area contributed by atoms with Crippen LogP contribution in [-0.4, -0.2) is 19.7 Å². The zero-order chi connectivity index (χ0) is 20.1. The Labute approximate surface area is 170 Å². The van der Waals surface area contributed by atoms with Crippen LogP contribution in [0.5, 0.6) is 0 Å². The molecule has 1 amide bonds. The van der Waals surface area contributed by atoms with E-state index in [-0.39, 0.29) is 16.6 Å². The number of amides is 1. The highest BCUT2D eigenvalue weighted by Crippen LogP contribution is 2.34. The van der Waals surface area contributed by atoms with Crippen molar-refractivity contribution in [3.63, 3.8) is 0 Å². The van der Waals surface area contributed by atoms with Gasteiger partial charge < -0.3 is 9.87 Å². The van der Waals surface area contributed by atoms with Crippen molar-refractivity contribution in [1.29, 1.82) is 0 Å². The summed E-state index contributed by atoms with van der Waals surface area (Å²) in [5.41, 5.74) is 2.77. The smallest absolute Gasteiger partial charge is 0.251 e. The lowest BCUT2D eigenvalue weighted by Gasteiger charge is -2.27. The molecule has 0 bridgehead atoms. The maximum Gasteiger partial charge on any atom is 0.251 e. The van der Waals surface area contributed by atoms with E-state index in [1.54, 1.807) is 48.8 Å². The number of nitrogens with zero attached hydrogens (tertiary/aromatic N) is 2. The molecule has 0 fully saturated rings. The molecule has 2 aromatic carbocycles. The van der Waals surface area contributed by atoms with Crippen LogP contribution in [0.2, 0.25) is 5.02 Å². The average molecular weight is 415 g/mol. The van der Waals surface area contributed by atoms with Gasteiger partial charge in [0.05, 0.1) is 27.7 Å². The maximum atomic E-state index is 12.5. The Morgan fingerprint density at radius 2 is 1.96 bits per heavy atom. The summed E-state index contributed by atoms with van der Waals surface area (Å²) in [6.07, 6.45) is 3.31. The van der Waals surface area contributed by atoms with Gasteiger partial charge in [-0.2, -0.15) is 0 Å². The first-order valence-corrected chi connectivity index (χ1v) is 9.79. The Kier molecular flexibility index (Phi) is 6.41. The summed E-state index contributed by atoms with van der Waals surface area (Å²) in [6.45, 7) is 2.21. The van der Waals surface area contributed by atoms with E-state index in [9.17, 15) is 13.6 Å². The monoisotopic (exact) mass is 414 g/mol. The second-order valence-corrected chi connectivity index (χ2v) is 7.26. The molecule has 1 unspecified atom stereocenters. The van der Waals surface area contributed by atoms with Gasteiger partial charge in [0, 0.05) is 24.5 Å². The van der Waals surface area contributed by atoms with E-state index in [0.29, 0.717) is 17.8 Å². The number of anilines is 2. The van der Waals surface area contributed by atoms with Crippen LogP contribution in [0.25, 0.3) is 0 Å². The number of hydrogen-bond acceptors (Lipinski definition) is 4. The molecule has 0 aliphatic rings. The lowest BCUT2D eigenvalue weighted by atomic mass is 10.1. The lowest BCUT2D eigenvalue weighted by Crippen LogP contribution is -2.24. The molecule has 1 aromatic heterocycles. The van der Waals surface area contributed by atoms with Crippen molar-refractivity contribution < 1.29 is 13.6 Å². The SMILES string of the molecule is Cc1ccc(N(c2cc(C(=O)NCc3cccnc3)ccc2Cl)S(=O)[O-])cc1. The molecule has 3 aromatic rings. The fraction of sp³-hybridized carbons (Fsp3) is 0.100. The summed E-state index contributed by atoms with van der Waals surface area (Å²) in [6, 6.07) is 15.1. The van der Waals surface area contributed by atoms with Gasteiger partial charge in [-0.25, -0.2) is 0 Å². The van der Waals surface area contributed by atoms with E-state index in [2.05, 4.69) is 10.3 Å². The molecular weight excluding hydrogens is 398 g/mol. The summed E-state index contributed by atoms with van der Waals surface area (Å²) in [5.74, 6) is -0.345. The van der Waals surface area contributed by atoms with Crippen molar-refractivity contribution in [2.75, 3.05) is 4.31 Å². The van der Waals surface area contributed by atoms with Gasteiger partial charge in [0.15, 0.2) is 0 Å². The average Bonchev–Trinajstić information content (AvgIpc) is 2.70. The van der Waals surface area contributed by atoms with Gasteiger partial charge >= 0.3 is 0 Å². The van der Waals surface area contributed by atoms with Crippen LogP contribution in [0.1, 0.15) is 21.5 Å². The number of nitrogens with one attached hydrogen (secondary N) is 1. The molecule has 0 aliphatic carbocycles. The van der Waals surface area contributed by atoms with Crippen LogP contribution in [0.4, 0.5) is 11.4 Å². The Morgan fingerprint density at radius 1 is 1.21 bits per heavy atom. The number of benzene rings is 2. The van der Waals surface area contributed by atoms with Crippen molar-refractivity contribution in [3.05, 3.63) is 88.7 Å². The second-order valence-electron chi connectivity index (χ2n) is 6.06. The number of pyridine rings is 1. The van der Waals surface area contributed by atoms with E-state index in [1.807, 2.05) is 13.0 Å². The second kappa shape index (κ2) is 8.97. The summed E-state index contributed by atoms with van der Waals surface area (Å²) >= 11 is 3.62. The molecule has 0 spiro atoms. The maximum absolute atomic E-state index is 12.5. The van der Waals surface area contributed by atoms with Gasteiger partial charge in [0.2, 0.25) is 0 Å².